The lowest BCUT2D eigenvalue weighted by Crippen LogP contribution is -2.35. The molecule has 3 heterocycles. The van der Waals surface area contributed by atoms with E-state index in [1.807, 2.05) is 23.1 Å². The summed E-state index contributed by atoms with van der Waals surface area (Å²) in [7, 11) is 0. The summed E-state index contributed by atoms with van der Waals surface area (Å²) in [6.07, 6.45) is 9.06. The number of hydrogen-bond donors (Lipinski definition) is 1. The Bertz CT molecular complexity index is 463. The number of aromatic amines is 1. The molecule has 2 aromatic heterocycles. The number of hydrogen-bond acceptors (Lipinski definition) is 4. The van der Waals surface area contributed by atoms with E-state index in [0.29, 0.717) is 5.92 Å². The third kappa shape index (κ3) is 3.20. The van der Waals surface area contributed by atoms with E-state index in [1.165, 1.54) is 19.4 Å². The van der Waals surface area contributed by atoms with E-state index in [-0.39, 0.29) is 0 Å². The quantitative estimate of drug-likeness (QED) is 0.879. The van der Waals surface area contributed by atoms with Gasteiger partial charge in [-0.05, 0) is 38.4 Å². The lowest BCUT2D eigenvalue weighted by atomic mass is 9.97. The Balaban J connectivity index is 1.46. The van der Waals surface area contributed by atoms with Crippen LogP contribution in [0.15, 0.2) is 24.8 Å². The lowest BCUT2D eigenvalue weighted by molar-refractivity contribution is 0.198. The highest BCUT2D eigenvalue weighted by Crippen LogP contribution is 2.23. The molecule has 1 atom stereocenters. The molecular weight excluding hydrogens is 240 g/mol. The fourth-order valence-electron chi connectivity index (χ4n) is 2.78. The lowest BCUT2D eigenvalue weighted by Gasteiger charge is -2.31. The van der Waals surface area contributed by atoms with E-state index in [4.69, 9.17) is 0 Å². The van der Waals surface area contributed by atoms with E-state index in [1.54, 1.807) is 6.33 Å². The van der Waals surface area contributed by atoms with Crippen LogP contribution in [-0.2, 0) is 6.54 Å². The van der Waals surface area contributed by atoms with Crippen molar-refractivity contribution in [2.75, 3.05) is 19.6 Å². The van der Waals surface area contributed by atoms with Crippen LogP contribution in [0.4, 0.5) is 0 Å². The van der Waals surface area contributed by atoms with Gasteiger partial charge in [-0.25, -0.2) is 4.98 Å². The third-order valence-electron chi connectivity index (χ3n) is 3.75. The van der Waals surface area contributed by atoms with Crippen molar-refractivity contribution in [3.05, 3.63) is 30.6 Å². The van der Waals surface area contributed by atoms with Gasteiger partial charge in [0.2, 0.25) is 0 Å². The Morgan fingerprint density at radius 2 is 2.37 bits per heavy atom. The summed E-state index contributed by atoms with van der Waals surface area (Å²) in [4.78, 5) is 6.82. The zero-order chi connectivity index (χ0) is 12.9. The molecule has 0 aliphatic carbocycles. The number of nitrogens with zero attached hydrogens (tertiary/aromatic N) is 5. The van der Waals surface area contributed by atoms with E-state index < -0.39 is 0 Å². The number of aromatic nitrogens is 5. The van der Waals surface area contributed by atoms with Crippen LogP contribution in [0.5, 0.6) is 0 Å². The molecule has 1 aliphatic heterocycles. The van der Waals surface area contributed by atoms with Crippen molar-refractivity contribution in [3.63, 3.8) is 0 Å². The first-order chi connectivity index (χ1) is 9.42. The molecule has 1 aliphatic rings. The summed E-state index contributed by atoms with van der Waals surface area (Å²) in [6, 6.07) is 1.97. The third-order valence-corrected chi connectivity index (χ3v) is 3.75. The van der Waals surface area contributed by atoms with Crippen LogP contribution in [0.2, 0.25) is 0 Å². The maximum absolute atomic E-state index is 4.29. The standard InChI is InChI=1S/C13H20N6/c1-4-12(13-14-11-15-17-13)10-18(6-1)7-3-9-19-8-2-5-16-19/h2,5,8,11-12H,1,3-4,6-7,9-10H2,(H,14,15,17)/t12-/m0/s1. The van der Waals surface area contributed by atoms with Crippen molar-refractivity contribution in [2.24, 2.45) is 0 Å². The number of likely N-dealkylation sites (tertiary alicyclic amines) is 1. The van der Waals surface area contributed by atoms with Gasteiger partial charge in [0.15, 0.2) is 0 Å². The molecule has 2 aromatic rings. The van der Waals surface area contributed by atoms with Gasteiger partial charge in [0.05, 0.1) is 0 Å². The fourth-order valence-corrected chi connectivity index (χ4v) is 2.78. The number of H-pyrrole nitrogens is 1. The largest absolute Gasteiger partial charge is 0.303 e. The highest BCUT2D eigenvalue weighted by Gasteiger charge is 2.22. The maximum atomic E-state index is 4.29. The summed E-state index contributed by atoms with van der Waals surface area (Å²) in [6.45, 7) is 4.42. The van der Waals surface area contributed by atoms with Crippen molar-refractivity contribution in [2.45, 2.75) is 31.7 Å². The van der Waals surface area contributed by atoms with Crippen molar-refractivity contribution in [1.82, 2.24) is 29.9 Å². The first-order valence-corrected chi connectivity index (χ1v) is 6.97. The van der Waals surface area contributed by atoms with Gasteiger partial charge in [0.25, 0.3) is 0 Å². The average Bonchev–Trinajstić information content (AvgIpc) is 3.12. The van der Waals surface area contributed by atoms with E-state index in [0.717, 1.165) is 31.9 Å². The van der Waals surface area contributed by atoms with Crippen LogP contribution in [-0.4, -0.2) is 49.5 Å². The highest BCUT2D eigenvalue weighted by atomic mass is 15.3. The molecule has 6 nitrogen and oxygen atoms in total. The van der Waals surface area contributed by atoms with E-state index in [2.05, 4.69) is 25.2 Å². The average molecular weight is 260 g/mol. The zero-order valence-corrected chi connectivity index (χ0v) is 11.1. The maximum Gasteiger partial charge on any atom is 0.137 e. The van der Waals surface area contributed by atoms with E-state index in [9.17, 15) is 0 Å². The van der Waals surface area contributed by atoms with Crippen LogP contribution in [0.25, 0.3) is 0 Å². The Morgan fingerprint density at radius 3 is 3.16 bits per heavy atom. The first kappa shape index (κ1) is 12.3. The summed E-state index contributed by atoms with van der Waals surface area (Å²) in [5, 5.41) is 11.2. The van der Waals surface area contributed by atoms with Gasteiger partial charge < -0.3 is 4.90 Å². The molecule has 1 fully saturated rings. The summed E-state index contributed by atoms with van der Waals surface area (Å²) in [5.41, 5.74) is 0. The van der Waals surface area contributed by atoms with E-state index >= 15 is 0 Å². The minimum Gasteiger partial charge on any atom is -0.303 e. The summed E-state index contributed by atoms with van der Waals surface area (Å²) in [5.74, 6) is 1.55. The monoisotopic (exact) mass is 260 g/mol. The first-order valence-electron chi connectivity index (χ1n) is 6.97. The number of piperidine rings is 1. The van der Waals surface area contributed by atoms with Crippen LogP contribution in [0, 0.1) is 0 Å². The smallest absolute Gasteiger partial charge is 0.137 e. The minimum absolute atomic E-state index is 0.515. The molecular formula is C13H20N6. The molecule has 0 bridgehead atoms. The molecule has 6 heteroatoms. The van der Waals surface area contributed by atoms with Gasteiger partial charge in [0.1, 0.15) is 12.2 Å². The molecule has 0 radical (unpaired) electrons. The Morgan fingerprint density at radius 1 is 1.37 bits per heavy atom. The van der Waals surface area contributed by atoms with Crippen molar-refractivity contribution < 1.29 is 0 Å². The number of aryl methyl sites for hydroxylation is 1. The predicted molar refractivity (Wildman–Crippen MR) is 71.6 cm³/mol. The van der Waals surface area contributed by atoms with Crippen molar-refractivity contribution in [1.29, 1.82) is 0 Å². The Hall–Kier alpha value is -1.69. The van der Waals surface area contributed by atoms with Crippen LogP contribution in [0.3, 0.4) is 0 Å². The van der Waals surface area contributed by atoms with Gasteiger partial charge in [-0.2, -0.15) is 10.2 Å². The van der Waals surface area contributed by atoms with Gasteiger partial charge in [0, 0.05) is 31.4 Å². The fraction of sp³-hybridized carbons (Fsp3) is 0.615. The molecule has 0 amide bonds. The van der Waals surface area contributed by atoms with Gasteiger partial charge >= 0.3 is 0 Å². The number of nitrogens with one attached hydrogen (secondary N) is 1. The van der Waals surface area contributed by atoms with Crippen molar-refractivity contribution >= 4 is 0 Å². The minimum atomic E-state index is 0.515. The topological polar surface area (TPSA) is 62.6 Å². The summed E-state index contributed by atoms with van der Waals surface area (Å²) >= 11 is 0. The van der Waals surface area contributed by atoms with Crippen LogP contribution < -0.4 is 0 Å². The summed E-state index contributed by atoms with van der Waals surface area (Å²) < 4.78 is 2.00. The Kier molecular flexibility index (Phi) is 3.88. The SMILES string of the molecule is c1cnn(CCCN2CCC[C@H](c3ncn[nH]3)C2)c1. The second kappa shape index (κ2) is 5.97. The van der Waals surface area contributed by atoms with Gasteiger partial charge in [-0.1, -0.05) is 0 Å². The molecule has 0 saturated carbocycles. The number of rotatable bonds is 5. The zero-order valence-electron chi connectivity index (χ0n) is 11.1. The molecule has 1 saturated heterocycles. The molecule has 102 valence electrons. The Labute approximate surface area is 112 Å². The second-order valence-corrected chi connectivity index (χ2v) is 5.13. The second-order valence-electron chi connectivity index (χ2n) is 5.13. The normalized spacial score (nSPS) is 20.7. The van der Waals surface area contributed by atoms with Gasteiger partial charge in [-0.15, -0.1) is 0 Å². The predicted octanol–water partition coefficient (Wildman–Crippen LogP) is 1.27. The molecule has 0 aromatic carbocycles. The molecule has 0 spiro atoms. The van der Waals surface area contributed by atoms with Crippen molar-refractivity contribution in [3.8, 4) is 0 Å². The van der Waals surface area contributed by atoms with Gasteiger partial charge in [-0.3, -0.25) is 9.78 Å². The molecule has 1 N–H and O–H groups in total. The molecule has 19 heavy (non-hydrogen) atoms. The van der Waals surface area contributed by atoms with Crippen LogP contribution >= 0.6 is 0 Å². The highest BCUT2D eigenvalue weighted by molar-refractivity contribution is 4.96. The molecule has 0 unspecified atom stereocenters. The molecule has 3 rings (SSSR count). The van der Waals surface area contributed by atoms with Crippen LogP contribution in [0.1, 0.15) is 31.0 Å².